The molecule has 174 valence electrons. The third-order valence-corrected chi connectivity index (χ3v) is 7.69. The zero-order valence-electron chi connectivity index (χ0n) is 19.5. The first kappa shape index (κ1) is 22.6. The Labute approximate surface area is 206 Å². The summed E-state index contributed by atoms with van der Waals surface area (Å²) in [5.41, 5.74) is 4.35. The van der Waals surface area contributed by atoms with Crippen LogP contribution in [0.4, 0.5) is 5.82 Å². The van der Waals surface area contributed by atoms with Crippen molar-refractivity contribution in [2.24, 2.45) is 0 Å². The summed E-state index contributed by atoms with van der Waals surface area (Å²) in [7, 11) is -2.29. The molecule has 5 rings (SSSR count). The van der Waals surface area contributed by atoms with E-state index in [9.17, 15) is 8.42 Å². The number of rotatable bonds is 6. The fourth-order valence-corrected chi connectivity index (χ4v) is 5.23. The van der Waals surface area contributed by atoms with E-state index in [1.807, 2.05) is 102 Å². The number of anilines is 1. The number of aromatic nitrogens is 2. The molecule has 0 aliphatic rings. The Morgan fingerprint density at radius 2 is 1.20 bits per heavy atom. The number of imidazole rings is 1. The summed E-state index contributed by atoms with van der Waals surface area (Å²) >= 11 is 0. The molecule has 1 heterocycles. The minimum atomic E-state index is -3.85. The average Bonchev–Trinajstić information content (AvgIpc) is 3.30. The van der Waals surface area contributed by atoms with Gasteiger partial charge in [0.15, 0.2) is 5.82 Å². The van der Waals surface area contributed by atoms with Gasteiger partial charge < -0.3 is 0 Å². The first-order valence-corrected chi connectivity index (χ1v) is 12.8. The molecule has 0 atom stereocenters. The molecule has 0 bridgehead atoms. The van der Waals surface area contributed by atoms with Crippen LogP contribution in [0.5, 0.6) is 0 Å². The maximum Gasteiger partial charge on any atom is 0.265 e. The van der Waals surface area contributed by atoms with Gasteiger partial charge in [0.1, 0.15) is 5.82 Å². The first-order valence-electron chi connectivity index (χ1n) is 11.3. The van der Waals surface area contributed by atoms with Gasteiger partial charge in [0.2, 0.25) is 0 Å². The normalized spacial score (nSPS) is 11.4. The summed E-state index contributed by atoms with van der Waals surface area (Å²) in [5, 5.41) is 0. The van der Waals surface area contributed by atoms with Crippen LogP contribution in [0.2, 0.25) is 0 Å². The third-order valence-electron chi connectivity index (χ3n) is 5.93. The average molecular weight is 480 g/mol. The molecular formula is C29H25N3O2S. The van der Waals surface area contributed by atoms with E-state index in [4.69, 9.17) is 4.98 Å². The van der Waals surface area contributed by atoms with E-state index in [2.05, 4.69) is 0 Å². The van der Waals surface area contributed by atoms with Crippen LogP contribution in [0.15, 0.2) is 120 Å². The van der Waals surface area contributed by atoms with Gasteiger partial charge in [0, 0.05) is 23.9 Å². The molecule has 0 radical (unpaired) electrons. The lowest BCUT2D eigenvalue weighted by Gasteiger charge is -2.20. The maximum absolute atomic E-state index is 13.7. The number of benzene rings is 4. The molecule has 0 saturated heterocycles. The molecule has 0 N–H and O–H groups in total. The number of hydrogen-bond acceptors (Lipinski definition) is 3. The number of sulfonamides is 1. The van der Waals surface area contributed by atoms with Gasteiger partial charge in [-0.2, -0.15) is 0 Å². The highest BCUT2D eigenvalue weighted by atomic mass is 32.2. The summed E-state index contributed by atoms with van der Waals surface area (Å²) in [6, 6.07) is 36.3. The summed E-state index contributed by atoms with van der Waals surface area (Å²) in [4.78, 5) is 5.17. The second-order valence-corrected chi connectivity index (χ2v) is 10.3. The van der Waals surface area contributed by atoms with Crippen molar-refractivity contribution in [2.45, 2.75) is 11.8 Å². The lowest BCUT2D eigenvalue weighted by atomic mass is 10.1. The van der Waals surface area contributed by atoms with E-state index in [0.717, 1.165) is 22.4 Å². The van der Waals surface area contributed by atoms with Crippen molar-refractivity contribution in [2.75, 3.05) is 11.4 Å². The monoisotopic (exact) mass is 479 g/mol. The van der Waals surface area contributed by atoms with Crippen LogP contribution in [0.3, 0.4) is 0 Å². The van der Waals surface area contributed by atoms with Crippen molar-refractivity contribution >= 4 is 15.8 Å². The van der Waals surface area contributed by atoms with Gasteiger partial charge >= 0.3 is 0 Å². The lowest BCUT2D eigenvalue weighted by Crippen LogP contribution is -2.27. The molecule has 5 aromatic rings. The van der Waals surface area contributed by atoms with Crippen LogP contribution in [0, 0.1) is 6.92 Å². The van der Waals surface area contributed by atoms with Crippen molar-refractivity contribution in [3.63, 3.8) is 0 Å². The first-order chi connectivity index (χ1) is 17.0. The molecular weight excluding hydrogens is 454 g/mol. The number of hydrogen-bond donors (Lipinski definition) is 0. The standard InChI is InChI=1S/C29H25N3O2S/c1-22-18-20-26(21-19-22)35(33,34)31(2)29-27(23-12-6-3-7-13-23)32(25-16-10-5-11-17-25)28(30-29)24-14-8-4-9-15-24/h3-21H,1-2H3. The molecule has 1 aromatic heterocycles. The molecule has 5 nitrogen and oxygen atoms in total. The Kier molecular flexibility index (Phi) is 5.97. The van der Waals surface area contributed by atoms with E-state index in [0.29, 0.717) is 17.3 Å². The van der Waals surface area contributed by atoms with Crippen molar-refractivity contribution < 1.29 is 8.42 Å². The van der Waals surface area contributed by atoms with E-state index in [-0.39, 0.29) is 4.90 Å². The van der Waals surface area contributed by atoms with Crippen LogP contribution >= 0.6 is 0 Å². The molecule has 0 aliphatic carbocycles. The van der Waals surface area contributed by atoms with E-state index in [1.54, 1.807) is 31.3 Å². The largest absolute Gasteiger partial charge is 0.290 e. The summed E-state index contributed by atoms with van der Waals surface area (Å²) in [5.74, 6) is 1.02. The summed E-state index contributed by atoms with van der Waals surface area (Å²) in [6.07, 6.45) is 0. The van der Waals surface area contributed by atoms with Crippen LogP contribution in [0.25, 0.3) is 28.3 Å². The predicted molar refractivity (Wildman–Crippen MR) is 141 cm³/mol. The van der Waals surface area contributed by atoms with Gasteiger partial charge in [0.25, 0.3) is 10.0 Å². The van der Waals surface area contributed by atoms with Crippen LogP contribution in [-0.4, -0.2) is 25.0 Å². The molecule has 0 amide bonds. The van der Waals surface area contributed by atoms with E-state index < -0.39 is 10.0 Å². The van der Waals surface area contributed by atoms with E-state index >= 15 is 0 Å². The van der Waals surface area contributed by atoms with Crippen LogP contribution in [-0.2, 0) is 10.0 Å². The highest BCUT2D eigenvalue weighted by molar-refractivity contribution is 7.92. The Morgan fingerprint density at radius 1 is 0.686 bits per heavy atom. The zero-order valence-corrected chi connectivity index (χ0v) is 20.4. The fraction of sp³-hybridized carbons (Fsp3) is 0.0690. The Hall–Kier alpha value is -4.16. The van der Waals surface area contributed by atoms with Crippen LogP contribution in [0.1, 0.15) is 5.56 Å². The zero-order chi connectivity index (χ0) is 24.4. The second kappa shape index (κ2) is 9.24. The minimum Gasteiger partial charge on any atom is -0.290 e. The predicted octanol–water partition coefficient (Wildman–Crippen LogP) is 6.34. The molecule has 35 heavy (non-hydrogen) atoms. The molecule has 0 saturated carbocycles. The van der Waals surface area contributed by atoms with Crippen molar-refractivity contribution in [3.05, 3.63) is 121 Å². The van der Waals surface area contributed by atoms with Crippen LogP contribution < -0.4 is 4.31 Å². The number of aryl methyl sites for hydroxylation is 1. The molecule has 0 unspecified atom stereocenters. The Balaban J connectivity index is 1.81. The van der Waals surface area contributed by atoms with Gasteiger partial charge in [-0.15, -0.1) is 0 Å². The SMILES string of the molecule is Cc1ccc(S(=O)(=O)N(C)c2nc(-c3ccccc3)n(-c3ccccc3)c2-c2ccccc2)cc1. The Morgan fingerprint density at radius 3 is 1.77 bits per heavy atom. The highest BCUT2D eigenvalue weighted by Crippen LogP contribution is 2.39. The fourth-order valence-electron chi connectivity index (χ4n) is 4.07. The smallest absolute Gasteiger partial charge is 0.265 e. The van der Waals surface area contributed by atoms with Gasteiger partial charge in [-0.05, 0) is 31.2 Å². The molecule has 0 aliphatic heterocycles. The second-order valence-electron chi connectivity index (χ2n) is 8.30. The topological polar surface area (TPSA) is 55.2 Å². The van der Waals surface area contributed by atoms with Crippen molar-refractivity contribution in [1.29, 1.82) is 0 Å². The van der Waals surface area contributed by atoms with Crippen molar-refractivity contribution in [3.8, 4) is 28.3 Å². The van der Waals surface area contributed by atoms with Gasteiger partial charge in [-0.3, -0.25) is 8.87 Å². The Bertz CT molecular complexity index is 1550. The lowest BCUT2D eigenvalue weighted by molar-refractivity contribution is 0.594. The maximum atomic E-state index is 13.7. The summed E-state index contributed by atoms with van der Waals surface area (Å²) < 4.78 is 30.7. The van der Waals surface area contributed by atoms with E-state index in [1.165, 1.54) is 4.31 Å². The van der Waals surface area contributed by atoms with Gasteiger partial charge in [-0.25, -0.2) is 13.4 Å². The third kappa shape index (κ3) is 4.24. The number of nitrogens with zero attached hydrogens (tertiary/aromatic N) is 3. The quantitative estimate of drug-likeness (QED) is 0.286. The molecule has 0 fully saturated rings. The van der Waals surface area contributed by atoms with Gasteiger partial charge in [-0.1, -0.05) is 96.6 Å². The minimum absolute atomic E-state index is 0.222. The van der Waals surface area contributed by atoms with Crippen molar-refractivity contribution in [1.82, 2.24) is 9.55 Å². The summed E-state index contributed by atoms with van der Waals surface area (Å²) in [6.45, 7) is 1.93. The number of para-hydroxylation sites is 1. The van der Waals surface area contributed by atoms with Gasteiger partial charge in [0.05, 0.1) is 10.6 Å². The molecule has 4 aromatic carbocycles. The molecule has 0 spiro atoms. The molecule has 6 heteroatoms. The highest BCUT2D eigenvalue weighted by Gasteiger charge is 2.30.